The lowest BCUT2D eigenvalue weighted by molar-refractivity contribution is 0.660. The van der Waals surface area contributed by atoms with Crippen molar-refractivity contribution in [3.63, 3.8) is 0 Å². The molecule has 0 spiro atoms. The Hall–Kier alpha value is -7.49. The minimum atomic E-state index is -0.240. The predicted molar refractivity (Wildman–Crippen MR) is 247 cm³/mol. The van der Waals surface area contributed by atoms with Crippen molar-refractivity contribution in [2.24, 2.45) is 0 Å². The SMILES string of the molecule is CC1(C)c2cc(N(c3ccccc3)c3ccc(-c4ccccc4)cc3)ccc2-c2ccc(-n3c4ccc(-c5ccccn5)cc4c4ccc(-c5ccccc5)cc43)cc21. The molecule has 2 heterocycles. The van der Waals surface area contributed by atoms with Crippen LogP contribution in [0.25, 0.3) is 72.1 Å². The predicted octanol–water partition coefficient (Wildman–Crippen LogP) is 15.0. The fourth-order valence-corrected chi connectivity index (χ4v) is 9.25. The molecule has 0 bridgehead atoms. The van der Waals surface area contributed by atoms with E-state index in [1.165, 1.54) is 66.3 Å². The molecular formula is C56H41N3. The van der Waals surface area contributed by atoms with E-state index in [-0.39, 0.29) is 5.41 Å². The third-order valence-corrected chi connectivity index (χ3v) is 12.2. The average molecular weight is 756 g/mol. The van der Waals surface area contributed by atoms with Gasteiger partial charge in [0.1, 0.15) is 0 Å². The molecule has 3 heteroatoms. The molecule has 0 atom stereocenters. The van der Waals surface area contributed by atoms with Crippen molar-refractivity contribution in [1.29, 1.82) is 0 Å². The van der Waals surface area contributed by atoms with Crippen molar-refractivity contribution in [3.8, 4) is 50.3 Å². The van der Waals surface area contributed by atoms with Crippen LogP contribution in [0.3, 0.4) is 0 Å². The summed E-state index contributed by atoms with van der Waals surface area (Å²) in [4.78, 5) is 7.06. The first kappa shape index (κ1) is 34.7. The van der Waals surface area contributed by atoms with Gasteiger partial charge in [0.2, 0.25) is 0 Å². The normalized spacial score (nSPS) is 12.7. The zero-order chi connectivity index (χ0) is 39.5. The molecule has 0 unspecified atom stereocenters. The van der Waals surface area contributed by atoms with Crippen molar-refractivity contribution in [1.82, 2.24) is 9.55 Å². The van der Waals surface area contributed by atoms with Crippen molar-refractivity contribution >= 4 is 38.9 Å². The van der Waals surface area contributed by atoms with E-state index >= 15 is 0 Å². The van der Waals surface area contributed by atoms with E-state index in [1.807, 2.05) is 12.3 Å². The Morgan fingerprint density at radius 3 is 1.69 bits per heavy atom. The molecule has 1 aliphatic rings. The van der Waals surface area contributed by atoms with Gasteiger partial charge in [0.05, 0.1) is 16.7 Å². The number of hydrogen-bond acceptors (Lipinski definition) is 2. The third kappa shape index (κ3) is 5.85. The summed E-state index contributed by atoms with van der Waals surface area (Å²) in [5.74, 6) is 0. The number of pyridine rings is 1. The molecule has 11 rings (SSSR count). The lowest BCUT2D eigenvalue weighted by Gasteiger charge is -2.28. The lowest BCUT2D eigenvalue weighted by atomic mass is 9.82. The number of fused-ring (bicyclic) bond motifs is 6. The molecule has 3 nitrogen and oxygen atoms in total. The molecule has 0 amide bonds. The highest BCUT2D eigenvalue weighted by atomic mass is 15.1. The first-order chi connectivity index (χ1) is 29.0. The molecule has 0 fully saturated rings. The van der Waals surface area contributed by atoms with Gasteiger partial charge in [0.25, 0.3) is 0 Å². The number of anilines is 3. The molecule has 0 radical (unpaired) electrons. The van der Waals surface area contributed by atoms with Crippen LogP contribution in [0.1, 0.15) is 25.0 Å². The summed E-state index contributed by atoms with van der Waals surface area (Å²) < 4.78 is 2.46. The molecule has 59 heavy (non-hydrogen) atoms. The van der Waals surface area contributed by atoms with Gasteiger partial charge < -0.3 is 9.47 Å². The van der Waals surface area contributed by atoms with Crippen molar-refractivity contribution in [2.45, 2.75) is 19.3 Å². The second kappa shape index (κ2) is 13.9. The van der Waals surface area contributed by atoms with Gasteiger partial charge in [-0.05, 0) is 123 Å². The minimum absolute atomic E-state index is 0.240. The molecule has 1 aliphatic carbocycles. The standard InChI is InChI=1S/C56H41N3/c1-56(2)51-36-45(58(43-18-10-5-11-19-43)44-25-21-40(22-26-44)38-14-6-3-7-15-38)27-30-47(51)48-31-28-46(37-52(48)56)59-54-32-24-42(53-20-12-13-33-57-53)34-50(54)49-29-23-41(35-55(49)59)39-16-8-4-9-17-39/h3-37H,1-2H3. The summed E-state index contributed by atoms with van der Waals surface area (Å²) >= 11 is 0. The molecule has 0 aliphatic heterocycles. The van der Waals surface area contributed by atoms with Crippen LogP contribution in [0.4, 0.5) is 17.1 Å². The van der Waals surface area contributed by atoms with Crippen molar-refractivity contribution in [2.75, 3.05) is 4.90 Å². The van der Waals surface area contributed by atoms with E-state index < -0.39 is 0 Å². The largest absolute Gasteiger partial charge is 0.310 e. The Labute approximate surface area is 345 Å². The number of aromatic nitrogens is 2. The summed E-state index contributed by atoms with van der Waals surface area (Å²) in [6, 6.07) is 74.8. The summed E-state index contributed by atoms with van der Waals surface area (Å²) in [5, 5.41) is 2.44. The van der Waals surface area contributed by atoms with E-state index in [0.717, 1.165) is 34.0 Å². The average Bonchev–Trinajstić information content (AvgIpc) is 3.74. The molecule has 10 aromatic rings. The Balaban J connectivity index is 1.03. The number of nitrogens with zero attached hydrogens (tertiary/aromatic N) is 3. The molecule has 0 saturated heterocycles. The van der Waals surface area contributed by atoms with Crippen molar-refractivity contribution in [3.05, 3.63) is 224 Å². The van der Waals surface area contributed by atoms with Gasteiger partial charge in [0.15, 0.2) is 0 Å². The topological polar surface area (TPSA) is 21.1 Å². The number of hydrogen-bond donors (Lipinski definition) is 0. The van der Waals surface area contributed by atoms with Crippen LogP contribution in [0.15, 0.2) is 212 Å². The van der Waals surface area contributed by atoms with E-state index in [4.69, 9.17) is 0 Å². The smallest absolute Gasteiger partial charge is 0.0702 e. The maximum absolute atomic E-state index is 4.69. The summed E-state index contributed by atoms with van der Waals surface area (Å²) in [5.41, 5.74) is 18.8. The Bertz CT molecular complexity index is 3150. The number of benzene rings is 8. The minimum Gasteiger partial charge on any atom is -0.310 e. The highest BCUT2D eigenvalue weighted by Gasteiger charge is 2.36. The van der Waals surface area contributed by atoms with Gasteiger partial charge in [-0.2, -0.15) is 0 Å². The summed E-state index contributed by atoms with van der Waals surface area (Å²) in [6.07, 6.45) is 1.87. The number of para-hydroxylation sites is 1. The second-order valence-corrected chi connectivity index (χ2v) is 16.0. The monoisotopic (exact) mass is 755 g/mol. The van der Waals surface area contributed by atoms with Crippen molar-refractivity contribution < 1.29 is 0 Å². The molecule has 0 saturated carbocycles. The molecule has 2 aromatic heterocycles. The first-order valence-corrected chi connectivity index (χ1v) is 20.4. The Morgan fingerprint density at radius 2 is 0.983 bits per heavy atom. The van der Waals surface area contributed by atoms with Gasteiger partial charge in [-0.3, -0.25) is 4.98 Å². The zero-order valence-corrected chi connectivity index (χ0v) is 33.0. The van der Waals surface area contributed by atoms with Gasteiger partial charge in [-0.15, -0.1) is 0 Å². The van der Waals surface area contributed by atoms with Crippen LogP contribution < -0.4 is 4.90 Å². The highest BCUT2D eigenvalue weighted by Crippen LogP contribution is 2.52. The maximum atomic E-state index is 4.69. The molecule has 280 valence electrons. The Kier molecular flexibility index (Phi) is 8.16. The quantitative estimate of drug-likeness (QED) is 0.162. The van der Waals surface area contributed by atoms with Crippen LogP contribution in [-0.2, 0) is 5.41 Å². The van der Waals surface area contributed by atoms with Gasteiger partial charge in [-0.1, -0.05) is 141 Å². The lowest BCUT2D eigenvalue weighted by Crippen LogP contribution is -2.17. The molecular weight excluding hydrogens is 715 g/mol. The van der Waals surface area contributed by atoms with Crippen LogP contribution in [0, 0.1) is 0 Å². The van der Waals surface area contributed by atoms with E-state index in [2.05, 4.69) is 228 Å². The Morgan fingerprint density at radius 1 is 0.407 bits per heavy atom. The molecule has 0 N–H and O–H groups in total. The second-order valence-electron chi connectivity index (χ2n) is 16.0. The van der Waals surface area contributed by atoms with Gasteiger partial charge in [-0.25, -0.2) is 0 Å². The van der Waals surface area contributed by atoms with E-state index in [9.17, 15) is 0 Å². The maximum Gasteiger partial charge on any atom is 0.0702 e. The zero-order valence-electron chi connectivity index (χ0n) is 33.0. The van der Waals surface area contributed by atoms with Crippen LogP contribution in [0.2, 0.25) is 0 Å². The summed E-state index contributed by atoms with van der Waals surface area (Å²) in [6.45, 7) is 4.76. The fourth-order valence-electron chi connectivity index (χ4n) is 9.25. The van der Waals surface area contributed by atoms with E-state index in [1.54, 1.807) is 0 Å². The van der Waals surface area contributed by atoms with Crippen LogP contribution in [-0.4, -0.2) is 9.55 Å². The highest BCUT2D eigenvalue weighted by molar-refractivity contribution is 6.11. The third-order valence-electron chi connectivity index (χ3n) is 12.2. The molecule has 8 aromatic carbocycles. The van der Waals surface area contributed by atoms with Gasteiger partial charge >= 0.3 is 0 Å². The number of rotatable bonds is 7. The summed E-state index contributed by atoms with van der Waals surface area (Å²) in [7, 11) is 0. The van der Waals surface area contributed by atoms with E-state index in [0.29, 0.717) is 0 Å². The van der Waals surface area contributed by atoms with Gasteiger partial charge in [0, 0.05) is 50.7 Å². The fraction of sp³-hybridized carbons (Fsp3) is 0.0536. The van der Waals surface area contributed by atoms with Crippen LogP contribution in [0.5, 0.6) is 0 Å². The first-order valence-electron chi connectivity index (χ1n) is 20.4. The van der Waals surface area contributed by atoms with Crippen LogP contribution >= 0.6 is 0 Å².